The minimum absolute atomic E-state index is 0.179. The number of likely N-dealkylation sites (N-methyl/N-ethyl adjacent to an activating group) is 1. The highest BCUT2D eigenvalue weighted by Gasteiger charge is 2.28. The predicted molar refractivity (Wildman–Crippen MR) is 110 cm³/mol. The first-order chi connectivity index (χ1) is 13.2. The Morgan fingerprint density at radius 1 is 1.11 bits per heavy atom. The molecule has 1 heterocycles. The number of amides is 1. The summed E-state index contributed by atoms with van der Waals surface area (Å²) in [6, 6.07) is 20.5. The number of fused-ring (bicyclic) bond motifs is 1. The first-order valence-electron chi connectivity index (χ1n) is 9.30. The minimum Gasteiger partial charge on any atom is -0.445 e. The number of thiophene rings is 1. The predicted octanol–water partition coefficient (Wildman–Crippen LogP) is 5.54. The van der Waals surface area contributed by atoms with E-state index in [2.05, 4.69) is 29.6 Å². The van der Waals surface area contributed by atoms with Crippen LogP contribution in [0, 0.1) is 0 Å². The van der Waals surface area contributed by atoms with Gasteiger partial charge in [0.05, 0.1) is 0 Å². The van der Waals surface area contributed by atoms with Crippen molar-refractivity contribution in [3.8, 4) is 11.1 Å². The van der Waals surface area contributed by atoms with E-state index in [9.17, 15) is 4.79 Å². The van der Waals surface area contributed by atoms with Crippen LogP contribution in [0.4, 0.5) is 4.79 Å². The van der Waals surface area contributed by atoms with Crippen LogP contribution in [0.15, 0.2) is 66.0 Å². The summed E-state index contributed by atoms with van der Waals surface area (Å²) in [6.45, 7) is 0.315. The molecule has 4 heteroatoms. The fraction of sp³-hybridized carbons (Fsp3) is 0.261. The molecule has 1 aliphatic rings. The maximum absolute atomic E-state index is 12.5. The summed E-state index contributed by atoms with van der Waals surface area (Å²) in [6.07, 6.45) is 2.65. The molecule has 0 radical (unpaired) electrons. The standard InChI is InChI=1S/C23H23NO2S/c1-24(23(25)26-15-17-8-4-2-5-9-17)19-12-13-22-20(14-19)21(16-27-22)18-10-6-3-7-11-18/h2-11,16,19H,12-15H2,1H3. The van der Waals surface area contributed by atoms with Crippen LogP contribution in [-0.2, 0) is 24.2 Å². The van der Waals surface area contributed by atoms with E-state index >= 15 is 0 Å². The zero-order chi connectivity index (χ0) is 18.6. The summed E-state index contributed by atoms with van der Waals surface area (Å²) >= 11 is 1.84. The molecule has 138 valence electrons. The second kappa shape index (κ2) is 7.97. The van der Waals surface area contributed by atoms with E-state index < -0.39 is 0 Å². The second-order valence-electron chi connectivity index (χ2n) is 6.96. The first kappa shape index (κ1) is 17.8. The van der Waals surface area contributed by atoms with Crippen LogP contribution in [-0.4, -0.2) is 24.1 Å². The molecular formula is C23H23NO2S. The van der Waals surface area contributed by atoms with Crippen molar-refractivity contribution in [2.75, 3.05) is 7.05 Å². The molecule has 1 aromatic heterocycles. The number of benzene rings is 2. The van der Waals surface area contributed by atoms with Crippen molar-refractivity contribution in [2.24, 2.45) is 0 Å². The molecule has 0 fully saturated rings. The van der Waals surface area contributed by atoms with Crippen LogP contribution >= 0.6 is 11.3 Å². The molecule has 3 nitrogen and oxygen atoms in total. The quantitative estimate of drug-likeness (QED) is 0.597. The van der Waals surface area contributed by atoms with E-state index in [4.69, 9.17) is 4.74 Å². The lowest BCUT2D eigenvalue weighted by Crippen LogP contribution is -2.40. The molecule has 0 saturated carbocycles. The average Bonchev–Trinajstić information content (AvgIpc) is 3.16. The first-order valence-corrected chi connectivity index (χ1v) is 10.2. The Morgan fingerprint density at radius 3 is 2.56 bits per heavy atom. The number of ether oxygens (including phenoxy) is 1. The summed E-state index contributed by atoms with van der Waals surface area (Å²) in [5.41, 5.74) is 4.97. The van der Waals surface area contributed by atoms with Gasteiger partial charge in [-0.25, -0.2) is 4.79 Å². The molecule has 1 aliphatic carbocycles. The van der Waals surface area contributed by atoms with Gasteiger partial charge in [-0.3, -0.25) is 0 Å². The number of rotatable bonds is 4. The Kier molecular flexibility index (Phi) is 5.26. The molecule has 27 heavy (non-hydrogen) atoms. The molecule has 0 saturated heterocycles. The lowest BCUT2D eigenvalue weighted by atomic mass is 9.89. The third-order valence-corrected chi connectivity index (χ3v) is 6.34. The van der Waals surface area contributed by atoms with Gasteiger partial charge in [-0.1, -0.05) is 60.7 Å². The van der Waals surface area contributed by atoms with Crippen LogP contribution in [0.1, 0.15) is 22.4 Å². The van der Waals surface area contributed by atoms with E-state index in [1.165, 1.54) is 21.6 Å². The van der Waals surface area contributed by atoms with Crippen molar-refractivity contribution < 1.29 is 9.53 Å². The Balaban J connectivity index is 1.44. The van der Waals surface area contributed by atoms with E-state index in [-0.39, 0.29) is 12.1 Å². The number of nitrogens with zero attached hydrogens (tertiary/aromatic N) is 1. The fourth-order valence-corrected chi connectivity index (χ4v) is 4.76. The lowest BCUT2D eigenvalue weighted by Gasteiger charge is -2.31. The van der Waals surface area contributed by atoms with Crippen molar-refractivity contribution >= 4 is 17.4 Å². The Morgan fingerprint density at radius 2 is 1.81 bits per heavy atom. The molecule has 0 spiro atoms. The summed E-state index contributed by atoms with van der Waals surface area (Å²) in [4.78, 5) is 15.8. The Bertz CT molecular complexity index is 905. The maximum Gasteiger partial charge on any atom is 0.410 e. The third-order valence-electron chi connectivity index (χ3n) is 5.25. The van der Waals surface area contributed by atoms with Crippen LogP contribution in [0.2, 0.25) is 0 Å². The van der Waals surface area contributed by atoms with Crippen molar-refractivity contribution in [1.82, 2.24) is 4.90 Å². The van der Waals surface area contributed by atoms with Crippen LogP contribution < -0.4 is 0 Å². The number of aryl methyl sites for hydroxylation is 1. The SMILES string of the molecule is CN(C(=O)OCc1ccccc1)C1CCc2scc(-c3ccccc3)c2C1. The van der Waals surface area contributed by atoms with E-state index in [0.717, 1.165) is 24.8 Å². The van der Waals surface area contributed by atoms with Gasteiger partial charge in [0.15, 0.2) is 0 Å². The lowest BCUT2D eigenvalue weighted by molar-refractivity contribution is 0.0884. The van der Waals surface area contributed by atoms with Crippen LogP contribution in [0.3, 0.4) is 0 Å². The van der Waals surface area contributed by atoms with Gasteiger partial charge in [0.1, 0.15) is 6.61 Å². The number of hydrogen-bond donors (Lipinski definition) is 0. The zero-order valence-electron chi connectivity index (χ0n) is 15.4. The highest BCUT2D eigenvalue weighted by molar-refractivity contribution is 7.10. The van der Waals surface area contributed by atoms with Crippen molar-refractivity contribution in [3.05, 3.63) is 82.0 Å². The summed E-state index contributed by atoms with van der Waals surface area (Å²) in [7, 11) is 1.86. The normalized spacial score (nSPS) is 15.8. The summed E-state index contributed by atoms with van der Waals surface area (Å²) in [5, 5.41) is 2.26. The van der Waals surface area contributed by atoms with Gasteiger partial charge in [-0.15, -0.1) is 11.3 Å². The minimum atomic E-state index is -0.246. The van der Waals surface area contributed by atoms with Crippen molar-refractivity contribution in [1.29, 1.82) is 0 Å². The largest absolute Gasteiger partial charge is 0.445 e. The average molecular weight is 378 g/mol. The molecule has 3 aromatic rings. The molecule has 0 N–H and O–H groups in total. The smallest absolute Gasteiger partial charge is 0.410 e. The molecule has 4 rings (SSSR count). The van der Waals surface area contributed by atoms with E-state index in [1.807, 2.05) is 54.8 Å². The topological polar surface area (TPSA) is 29.5 Å². The highest BCUT2D eigenvalue weighted by Crippen LogP contribution is 2.37. The number of hydrogen-bond acceptors (Lipinski definition) is 3. The maximum atomic E-state index is 12.5. The van der Waals surface area contributed by atoms with Crippen molar-refractivity contribution in [3.63, 3.8) is 0 Å². The van der Waals surface area contributed by atoms with Gasteiger partial charge < -0.3 is 9.64 Å². The van der Waals surface area contributed by atoms with E-state index in [1.54, 1.807) is 4.90 Å². The molecule has 1 atom stereocenters. The fourth-order valence-electron chi connectivity index (χ4n) is 3.65. The molecule has 2 aromatic carbocycles. The summed E-state index contributed by atoms with van der Waals surface area (Å²) < 4.78 is 5.52. The third kappa shape index (κ3) is 3.91. The Labute approximate surface area is 164 Å². The van der Waals surface area contributed by atoms with E-state index in [0.29, 0.717) is 6.61 Å². The van der Waals surface area contributed by atoms with Crippen molar-refractivity contribution in [2.45, 2.75) is 31.9 Å². The molecule has 1 unspecified atom stereocenters. The van der Waals surface area contributed by atoms with Gasteiger partial charge >= 0.3 is 6.09 Å². The number of carbonyl (C=O) groups excluding carboxylic acids is 1. The molecular weight excluding hydrogens is 354 g/mol. The molecule has 0 aliphatic heterocycles. The second-order valence-corrected chi connectivity index (χ2v) is 7.93. The van der Waals surface area contributed by atoms with Crippen LogP contribution in [0.5, 0.6) is 0 Å². The summed E-state index contributed by atoms with van der Waals surface area (Å²) in [5.74, 6) is 0. The van der Waals surface area contributed by atoms with Gasteiger partial charge in [0.2, 0.25) is 0 Å². The van der Waals surface area contributed by atoms with Gasteiger partial charge in [-0.05, 0) is 46.9 Å². The molecule has 1 amide bonds. The van der Waals surface area contributed by atoms with Gasteiger partial charge in [0, 0.05) is 18.0 Å². The zero-order valence-corrected chi connectivity index (χ0v) is 16.2. The Hall–Kier alpha value is -2.59. The highest BCUT2D eigenvalue weighted by atomic mass is 32.1. The van der Waals surface area contributed by atoms with Gasteiger partial charge in [-0.2, -0.15) is 0 Å². The monoisotopic (exact) mass is 377 g/mol. The van der Waals surface area contributed by atoms with Crippen LogP contribution in [0.25, 0.3) is 11.1 Å². The molecule has 0 bridgehead atoms. The number of carbonyl (C=O) groups is 1. The van der Waals surface area contributed by atoms with Gasteiger partial charge in [0.25, 0.3) is 0 Å².